The number of anilines is 1. The SMILES string of the molecule is Cc1ccccc1CCNC(=O)COC(=O)c1cccc(N2C(=O)CCC2=O)c1. The summed E-state index contributed by atoms with van der Waals surface area (Å²) in [6, 6.07) is 14.0. The molecule has 0 spiro atoms. The molecule has 0 unspecified atom stereocenters. The Morgan fingerprint density at radius 1 is 1.03 bits per heavy atom. The zero-order chi connectivity index (χ0) is 20.8. The summed E-state index contributed by atoms with van der Waals surface area (Å²) < 4.78 is 5.05. The van der Waals surface area contributed by atoms with Crippen molar-refractivity contribution in [3.05, 3.63) is 65.2 Å². The zero-order valence-electron chi connectivity index (χ0n) is 16.1. The van der Waals surface area contributed by atoms with Gasteiger partial charge in [0.05, 0.1) is 11.3 Å². The van der Waals surface area contributed by atoms with Crippen molar-refractivity contribution in [3.63, 3.8) is 0 Å². The van der Waals surface area contributed by atoms with Crippen LogP contribution in [0.15, 0.2) is 48.5 Å². The molecule has 0 saturated carbocycles. The van der Waals surface area contributed by atoms with Crippen LogP contribution in [0.4, 0.5) is 5.69 Å². The second kappa shape index (κ2) is 9.14. The van der Waals surface area contributed by atoms with Crippen molar-refractivity contribution in [2.45, 2.75) is 26.2 Å². The third-order valence-corrected chi connectivity index (χ3v) is 4.70. The highest BCUT2D eigenvalue weighted by molar-refractivity contribution is 6.20. The van der Waals surface area contributed by atoms with Gasteiger partial charge in [0.2, 0.25) is 11.8 Å². The highest BCUT2D eigenvalue weighted by atomic mass is 16.5. The lowest BCUT2D eigenvalue weighted by Gasteiger charge is -2.14. The summed E-state index contributed by atoms with van der Waals surface area (Å²) in [5.74, 6) is -1.69. The van der Waals surface area contributed by atoms with E-state index in [1.54, 1.807) is 12.1 Å². The first-order chi connectivity index (χ1) is 14.0. The number of imide groups is 1. The van der Waals surface area contributed by atoms with Crippen molar-refractivity contribution >= 4 is 29.4 Å². The van der Waals surface area contributed by atoms with Gasteiger partial charge >= 0.3 is 5.97 Å². The predicted molar refractivity (Wildman–Crippen MR) is 106 cm³/mol. The molecule has 1 saturated heterocycles. The van der Waals surface area contributed by atoms with Crippen LogP contribution in [-0.2, 0) is 25.5 Å². The Bertz CT molecular complexity index is 938. The molecule has 0 radical (unpaired) electrons. The molecular formula is C22H22N2O5. The average molecular weight is 394 g/mol. The summed E-state index contributed by atoms with van der Waals surface area (Å²) in [4.78, 5) is 48.9. The van der Waals surface area contributed by atoms with Crippen molar-refractivity contribution in [1.29, 1.82) is 0 Å². The summed E-state index contributed by atoms with van der Waals surface area (Å²) in [6.45, 7) is 2.05. The van der Waals surface area contributed by atoms with E-state index in [9.17, 15) is 19.2 Å². The van der Waals surface area contributed by atoms with Gasteiger partial charge in [0, 0.05) is 19.4 Å². The number of amides is 3. The van der Waals surface area contributed by atoms with Crippen LogP contribution in [0.5, 0.6) is 0 Å². The van der Waals surface area contributed by atoms with Gasteiger partial charge in [-0.15, -0.1) is 0 Å². The quantitative estimate of drug-likeness (QED) is 0.574. The minimum atomic E-state index is -0.694. The van der Waals surface area contributed by atoms with E-state index in [-0.39, 0.29) is 30.2 Å². The lowest BCUT2D eigenvalue weighted by atomic mass is 10.1. The summed E-state index contributed by atoms with van der Waals surface area (Å²) in [6.07, 6.45) is 1.01. The topological polar surface area (TPSA) is 92.8 Å². The fourth-order valence-electron chi connectivity index (χ4n) is 3.13. The molecule has 1 aliphatic rings. The number of ether oxygens (including phenoxy) is 1. The van der Waals surface area contributed by atoms with Crippen molar-refractivity contribution in [2.75, 3.05) is 18.1 Å². The van der Waals surface area contributed by atoms with Gasteiger partial charge in [0.25, 0.3) is 5.91 Å². The minimum Gasteiger partial charge on any atom is -0.452 e. The van der Waals surface area contributed by atoms with Gasteiger partial charge < -0.3 is 10.1 Å². The van der Waals surface area contributed by atoms with Gasteiger partial charge in [0.15, 0.2) is 6.61 Å². The molecule has 1 N–H and O–H groups in total. The number of esters is 1. The Labute approximate surface area is 168 Å². The molecule has 1 fully saturated rings. The van der Waals surface area contributed by atoms with Gasteiger partial charge in [-0.05, 0) is 42.7 Å². The van der Waals surface area contributed by atoms with E-state index in [0.717, 1.165) is 16.0 Å². The highest BCUT2D eigenvalue weighted by Gasteiger charge is 2.30. The molecule has 0 atom stereocenters. The zero-order valence-corrected chi connectivity index (χ0v) is 16.1. The maximum Gasteiger partial charge on any atom is 0.338 e. The molecular weight excluding hydrogens is 372 g/mol. The smallest absolute Gasteiger partial charge is 0.338 e. The maximum absolute atomic E-state index is 12.2. The highest BCUT2D eigenvalue weighted by Crippen LogP contribution is 2.23. The molecule has 3 amide bonds. The van der Waals surface area contributed by atoms with Crippen molar-refractivity contribution in [3.8, 4) is 0 Å². The predicted octanol–water partition coefficient (Wildman–Crippen LogP) is 2.16. The third-order valence-electron chi connectivity index (χ3n) is 4.70. The standard InChI is InChI=1S/C22H22N2O5/c1-15-5-2-3-6-16(15)11-12-23-19(25)14-29-22(28)17-7-4-8-18(13-17)24-20(26)9-10-21(24)27/h2-8,13H,9-12,14H2,1H3,(H,23,25). The van der Waals surface area contributed by atoms with Crippen LogP contribution in [0, 0.1) is 6.92 Å². The average Bonchev–Trinajstić information content (AvgIpc) is 3.06. The first-order valence-corrected chi connectivity index (χ1v) is 9.40. The van der Waals surface area contributed by atoms with Gasteiger partial charge in [0.1, 0.15) is 0 Å². The monoisotopic (exact) mass is 394 g/mol. The molecule has 0 aliphatic carbocycles. The van der Waals surface area contributed by atoms with E-state index >= 15 is 0 Å². The number of nitrogens with one attached hydrogen (secondary N) is 1. The fourth-order valence-corrected chi connectivity index (χ4v) is 3.13. The number of carbonyl (C=O) groups excluding carboxylic acids is 4. The number of carbonyl (C=O) groups is 4. The van der Waals surface area contributed by atoms with Crippen LogP contribution >= 0.6 is 0 Å². The Balaban J connectivity index is 1.49. The molecule has 0 aromatic heterocycles. The molecule has 7 heteroatoms. The first-order valence-electron chi connectivity index (χ1n) is 9.40. The number of hydrogen-bond donors (Lipinski definition) is 1. The molecule has 2 aromatic rings. The molecule has 150 valence electrons. The third kappa shape index (κ3) is 5.07. The van der Waals surface area contributed by atoms with E-state index in [1.807, 2.05) is 31.2 Å². The normalized spacial score (nSPS) is 13.5. The number of rotatable bonds is 7. The fraction of sp³-hybridized carbons (Fsp3) is 0.273. The number of hydrogen-bond acceptors (Lipinski definition) is 5. The largest absolute Gasteiger partial charge is 0.452 e. The van der Waals surface area contributed by atoms with Crippen LogP contribution < -0.4 is 10.2 Å². The van der Waals surface area contributed by atoms with Crippen LogP contribution in [0.25, 0.3) is 0 Å². The number of nitrogens with zero attached hydrogens (tertiary/aromatic N) is 1. The summed E-state index contributed by atoms with van der Waals surface area (Å²) in [7, 11) is 0. The summed E-state index contributed by atoms with van der Waals surface area (Å²) >= 11 is 0. The van der Waals surface area contributed by atoms with E-state index in [2.05, 4.69) is 5.32 Å². The Morgan fingerprint density at radius 3 is 2.48 bits per heavy atom. The van der Waals surface area contributed by atoms with E-state index in [0.29, 0.717) is 18.7 Å². The molecule has 7 nitrogen and oxygen atoms in total. The van der Waals surface area contributed by atoms with Crippen LogP contribution in [0.2, 0.25) is 0 Å². The van der Waals surface area contributed by atoms with Crippen molar-refractivity contribution in [1.82, 2.24) is 5.32 Å². The van der Waals surface area contributed by atoms with E-state index in [1.165, 1.54) is 12.1 Å². The first kappa shape index (κ1) is 20.3. The van der Waals surface area contributed by atoms with Gasteiger partial charge in [-0.3, -0.25) is 19.3 Å². The van der Waals surface area contributed by atoms with Crippen molar-refractivity contribution < 1.29 is 23.9 Å². The van der Waals surface area contributed by atoms with Gasteiger partial charge in [-0.1, -0.05) is 30.3 Å². The maximum atomic E-state index is 12.2. The summed E-state index contributed by atoms with van der Waals surface area (Å²) in [5.41, 5.74) is 2.80. The molecule has 3 rings (SSSR count). The second-order valence-electron chi connectivity index (χ2n) is 6.78. The molecule has 1 aliphatic heterocycles. The summed E-state index contributed by atoms with van der Waals surface area (Å²) in [5, 5.41) is 2.72. The lowest BCUT2D eigenvalue weighted by molar-refractivity contribution is -0.124. The molecule has 29 heavy (non-hydrogen) atoms. The number of aryl methyl sites for hydroxylation is 1. The second-order valence-corrected chi connectivity index (χ2v) is 6.78. The van der Waals surface area contributed by atoms with E-state index in [4.69, 9.17) is 4.74 Å². The van der Waals surface area contributed by atoms with Gasteiger partial charge in [-0.25, -0.2) is 4.79 Å². The van der Waals surface area contributed by atoms with Crippen LogP contribution in [0.1, 0.15) is 34.3 Å². The molecule has 0 bridgehead atoms. The Kier molecular flexibility index (Phi) is 6.39. The minimum absolute atomic E-state index is 0.163. The molecule has 1 heterocycles. The van der Waals surface area contributed by atoms with Crippen LogP contribution in [-0.4, -0.2) is 36.8 Å². The van der Waals surface area contributed by atoms with Gasteiger partial charge in [-0.2, -0.15) is 0 Å². The number of benzene rings is 2. The van der Waals surface area contributed by atoms with E-state index < -0.39 is 18.5 Å². The van der Waals surface area contributed by atoms with Crippen molar-refractivity contribution in [2.24, 2.45) is 0 Å². The lowest BCUT2D eigenvalue weighted by Crippen LogP contribution is -2.30. The Morgan fingerprint density at radius 2 is 1.76 bits per heavy atom. The van der Waals surface area contributed by atoms with Crippen LogP contribution in [0.3, 0.4) is 0 Å². The molecule has 2 aromatic carbocycles. The Hall–Kier alpha value is -3.48.